The van der Waals surface area contributed by atoms with Crippen LogP contribution in [0.15, 0.2) is 16.5 Å². The third-order valence-corrected chi connectivity index (χ3v) is 6.34. The fourth-order valence-corrected chi connectivity index (χ4v) is 4.66. The van der Waals surface area contributed by atoms with Gasteiger partial charge in [-0.15, -0.1) is 0 Å². The van der Waals surface area contributed by atoms with Crippen LogP contribution in [0.1, 0.15) is 55.3 Å². The molecule has 2 aromatic rings. The maximum atomic E-state index is 14.5. The van der Waals surface area contributed by atoms with Crippen LogP contribution in [-0.4, -0.2) is 30.1 Å². The third-order valence-electron chi connectivity index (χ3n) is 6.34. The Morgan fingerprint density at radius 1 is 1.20 bits per heavy atom. The van der Waals surface area contributed by atoms with Crippen molar-refractivity contribution >= 4 is 17.6 Å². The smallest absolute Gasteiger partial charge is 0.298 e. The summed E-state index contributed by atoms with van der Waals surface area (Å²) in [5, 5.41) is 2.54. The number of benzene rings is 1. The van der Waals surface area contributed by atoms with E-state index >= 15 is 0 Å². The van der Waals surface area contributed by atoms with Gasteiger partial charge in [0.25, 0.3) is 11.9 Å². The molecule has 3 fully saturated rings. The summed E-state index contributed by atoms with van der Waals surface area (Å²) in [7, 11) is 0. The molecule has 1 saturated heterocycles. The molecule has 160 valence electrons. The van der Waals surface area contributed by atoms with Gasteiger partial charge >= 0.3 is 0 Å². The first-order chi connectivity index (χ1) is 14.5. The molecule has 1 aliphatic heterocycles. The summed E-state index contributed by atoms with van der Waals surface area (Å²) in [6, 6.07) is 2.59. The highest BCUT2D eigenvalue weighted by atomic mass is 19.1. The molecule has 2 atom stereocenters. The van der Waals surface area contributed by atoms with Crippen LogP contribution in [0.3, 0.4) is 0 Å². The van der Waals surface area contributed by atoms with Crippen LogP contribution in [-0.2, 0) is 6.42 Å². The van der Waals surface area contributed by atoms with E-state index in [0.29, 0.717) is 30.0 Å². The average Bonchev–Trinajstić information content (AvgIpc) is 3.17. The highest BCUT2D eigenvalue weighted by Gasteiger charge is 2.47. The molecule has 2 heterocycles. The van der Waals surface area contributed by atoms with Gasteiger partial charge in [0.15, 0.2) is 23.1 Å². The molecule has 1 N–H and O–H groups in total. The van der Waals surface area contributed by atoms with E-state index in [0.717, 1.165) is 50.9 Å². The summed E-state index contributed by atoms with van der Waals surface area (Å²) >= 11 is 0. The van der Waals surface area contributed by atoms with E-state index in [-0.39, 0.29) is 23.2 Å². The summed E-state index contributed by atoms with van der Waals surface area (Å²) in [6.45, 7) is 3.54. The predicted octanol–water partition coefficient (Wildman–Crippen LogP) is 4.55. The second-order valence-corrected chi connectivity index (χ2v) is 8.51. The fraction of sp³-hybridized carbons (Fsp3) is 0.545. The van der Waals surface area contributed by atoms with E-state index in [1.54, 1.807) is 0 Å². The Balaban J connectivity index is 1.31. The number of nitrogens with zero attached hydrogens (tertiary/aromatic N) is 2. The number of carbonyl (C=O) groups is 1. The van der Waals surface area contributed by atoms with Gasteiger partial charge in [-0.3, -0.25) is 4.79 Å². The zero-order chi connectivity index (χ0) is 20.8. The maximum absolute atomic E-state index is 14.5. The normalized spacial score (nSPS) is 24.8. The van der Waals surface area contributed by atoms with Crippen LogP contribution >= 0.6 is 0 Å². The van der Waals surface area contributed by atoms with E-state index in [2.05, 4.69) is 10.3 Å². The van der Waals surface area contributed by atoms with Crippen molar-refractivity contribution in [1.82, 2.24) is 4.98 Å². The Morgan fingerprint density at radius 3 is 2.50 bits per heavy atom. The average molecular weight is 417 g/mol. The van der Waals surface area contributed by atoms with Gasteiger partial charge in [-0.05, 0) is 43.9 Å². The summed E-state index contributed by atoms with van der Waals surface area (Å²) in [5.41, 5.74) is 0.162. The van der Waals surface area contributed by atoms with Crippen molar-refractivity contribution in [3.63, 3.8) is 0 Å². The molecule has 1 aromatic carbocycles. The number of amides is 1. The van der Waals surface area contributed by atoms with Gasteiger partial charge in [-0.25, -0.2) is 8.78 Å². The number of fused-ring (bicyclic) bond motifs is 1. The molecule has 2 aliphatic carbocycles. The first-order valence-corrected chi connectivity index (χ1v) is 10.7. The highest BCUT2D eigenvalue weighted by Crippen LogP contribution is 2.52. The molecule has 2 unspecified atom stereocenters. The molecule has 6 nitrogen and oxygen atoms in total. The van der Waals surface area contributed by atoms with E-state index < -0.39 is 17.5 Å². The summed E-state index contributed by atoms with van der Waals surface area (Å²) in [5.74, 6) is -0.800. The lowest BCUT2D eigenvalue weighted by Gasteiger charge is -2.17. The Kier molecular flexibility index (Phi) is 4.87. The van der Waals surface area contributed by atoms with Gasteiger partial charge in [0.05, 0.1) is 6.10 Å². The minimum Gasteiger partial charge on any atom is -0.484 e. The number of aromatic nitrogens is 1. The molecule has 1 aromatic heterocycles. The Hall–Kier alpha value is -2.64. The first kappa shape index (κ1) is 19.3. The molecule has 0 spiro atoms. The lowest BCUT2D eigenvalue weighted by Crippen LogP contribution is -2.19. The van der Waals surface area contributed by atoms with Gasteiger partial charge in [0, 0.05) is 37.3 Å². The summed E-state index contributed by atoms with van der Waals surface area (Å²) < 4.78 is 40.4. The topological polar surface area (TPSA) is 67.6 Å². The minimum atomic E-state index is -0.820. The van der Waals surface area contributed by atoms with Crippen molar-refractivity contribution < 1.29 is 22.7 Å². The number of hydrogen-bond acceptors (Lipinski definition) is 5. The van der Waals surface area contributed by atoms with Crippen LogP contribution in [0, 0.1) is 23.5 Å². The zero-order valence-corrected chi connectivity index (χ0v) is 16.9. The number of hydrogen-bond donors (Lipinski definition) is 1. The number of oxazole rings is 1. The number of aryl methyl sites for hydroxylation is 1. The quantitative estimate of drug-likeness (QED) is 0.747. The molecule has 0 bridgehead atoms. The van der Waals surface area contributed by atoms with Crippen LogP contribution in [0.25, 0.3) is 0 Å². The monoisotopic (exact) mass is 417 g/mol. The van der Waals surface area contributed by atoms with Crippen molar-refractivity contribution in [1.29, 1.82) is 0 Å². The van der Waals surface area contributed by atoms with Crippen LogP contribution < -0.4 is 15.0 Å². The van der Waals surface area contributed by atoms with Crippen LogP contribution in [0.2, 0.25) is 0 Å². The van der Waals surface area contributed by atoms with Crippen molar-refractivity contribution in [2.45, 2.75) is 51.6 Å². The van der Waals surface area contributed by atoms with E-state index in [9.17, 15) is 13.6 Å². The van der Waals surface area contributed by atoms with E-state index in [4.69, 9.17) is 9.15 Å². The number of anilines is 2. The van der Waals surface area contributed by atoms with Gasteiger partial charge in [0.1, 0.15) is 5.76 Å². The molecule has 2 saturated carbocycles. The van der Waals surface area contributed by atoms with E-state index in [1.807, 2.05) is 11.8 Å². The predicted molar refractivity (Wildman–Crippen MR) is 107 cm³/mol. The molecule has 0 radical (unpaired) electrons. The molecule has 8 heteroatoms. The highest BCUT2D eigenvalue weighted by molar-refractivity contribution is 6.03. The lowest BCUT2D eigenvalue weighted by molar-refractivity contribution is 0.102. The van der Waals surface area contributed by atoms with Crippen molar-refractivity contribution in [3.05, 3.63) is 35.2 Å². The van der Waals surface area contributed by atoms with Gasteiger partial charge in [0.2, 0.25) is 0 Å². The number of ether oxygens (including phenoxy) is 1. The number of nitrogens with one attached hydrogen (secondary N) is 1. The summed E-state index contributed by atoms with van der Waals surface area (Å²) in [4.78, 5) is 19.1. The summed E-state index contributed by atoms with van der Waals surface area (Å²) in [6.07, 6.45) is 5.38. The van der Waals surface area contributed by atoms with Crippen LogP contribution in [0.4, 0.5) is 20.5 Å². The Labute approximate surface area is 173 Å². The fourth-order valence-electron chi connectivity index (χ4n) is 4.66. The minimum absolute atomic E-state index is 0.0180. The molecular formula is C22H25F2N3O3. The second-order valence-electron chi connectivity index (χ2n) is 8.51. The number of carbonyl (C=O) groups excluding carboxylic acids is 1. The maximum Gasteiger partial charge on any atom is 0.298 e. The molecule has 30 heavy (non-hydrogen) atoms. The SMILES string of the molecule is CCc1oc(N2CCCC2)nc1C(=O)Nc1cc(F)c(OC2CC3CC3C2)c(F)c1. The lowest BCUT2D eigenvalue weighted by atomic mass is 10.2. The van der Waals surface area contributed by atoms with Crippen molar-refractivity contribution in [3.8, 4) is 5.75 Å². The van der Waals surface area contributed by atoms with Crippen LogP contribution in [0.5, 0.6) is 5.75 Å². The molecule has 5 rings (SSSR count). The molecule has 1 amide bonds. The first-order valence-electron chi connectivity index (χ1n) is 10.7. The molecular weight excluding hydrogens is 392 g/mol. The Morgan fingerprint density at radius 2 is 1.87 bits per heavy atom. The second kappa shape index (κ2) is 7.56. The van der Waals surface area contributed by atoms with Crippen molar-refractivity contribution in [2.75, 3.05) is 23.3 Å². The Bertz CT molecular complexity index is 938. The third kappa shape index (κ3) is 3.63. The standard InChI is InChI=1S/C22H25F2N3O3/c1-2-18-19(26-22(30-18)27-5-3-4-6-27)21(28)25-14-10-16(23)20(17(24)11-14)29-15-8-12-7-13(12)9-15/h10-13,15H,2-9H2,1H3,(H,25,28). The van der Waals surface area contributed by atoms with Crippen molar-refractivity contribution in [2.24, 2.45) is 11.8 Å². The van der Waals surface area contributed by atoms with Gasteiger partial charge < -0.3 is 19.4 Å². The number of rotatable bonds is 6. The van der Waals surface area contributed by atoms with E-state index in [1.165, 1.54) is 6.42 Å². The molecule has 3 aliphatic rings. The van der Waals surface area contributed by atoms with Gasteiger partial charge in [-0.1, -0.05) is 6.92 Å². The number of halogens is 2. The zero-order valence-electron chi connectivity index (χ0n) is 16.9. The van der Waals surface area contributed by atoms with Gasteiger partial charge in [-0.2, -0.15) is 4.98 Å². The largest absolute Gasteiger partial charge is 0.484 e.